The van der Waals surface area contributed by atoms with Crippen molar-refractivity contribution in [3.8, 4) is 5.75 Å². The Morgan fingerprint density at radius 2 is 1.83 bits per heavy atom. The van der Waals surface area contributed by atoms with E-state index in [9.17, 15) is 9.90 Å². The number of hydrogen-bond acceptors (Lipinski definition) is 3. The van der Waals surface area contributed by atoms with E-state index in [1.165, 1.54) is 5.56 Å². The summed E-state index contributed by atoms with van der Waals surface area (Å²) >= 11 is 0. The number of aliphatic hydroxyl groups excluding tert-OH is 1. The Morgan fingerprint density at radius 1 is 1.09 bits per heavy atom. The molecule has 0 saturated carbocycles. The first-order chi connectivity index (χ1) is 11.1. The Morgan fingerprint density at radius 3 is 2.48 bits per heavy atom. The van der Waals surface area contributed by atoms with E-state index in [2.05, 4.69) is 26.0 Å². The quantitative estimate of drug-likeness (QED) is 0.821. The van der Waals surface area contributed by atoms with Crippen LogP contribution in [0.15, 0.2) is 42.5 Å². The van der Waals surface area contributed by atoms with Gasteiger partial charge in [0.2, 0.25) is 0 Å². The van der Waals surface area contributed by atoms with E-state index in [0.29, 0.717) is 11.1 Å². The molecule has 0 bridgehead atoms. The number of carbonyl (C=O) groups is 1. The highest BCUT2D eigenvalue weighted by Crippen LogP contribution is 2.25. The summed E-state index contributed by atoms with van der Waals surface area (Å²) in [5, 5.41) is 18.8. The number of aryl methyl sites for hydroxylation is 2. The molecule has 0 fully saturated rings. The molecule has 2 aromatic rings. The average Bonchev–Trinajstić information content (AvgIpc) is 2.59. The van der Waals surface area contributed by atoms with Gasteiger partial charge in [-0.3, -0.25) is 0 Å². The number of aliphatic hydroxyl groups is 1. The van der Waals surface area contributed by atoms with Gasteiger partial charge in [-0.1, -0.05) is 50.2 Å². The number of aliphatic carboxylic acids is 1. The van der Waals surface area contributed by atoms with E-state index in [4.69, 9.17) is 9.84 Å². The van der Waals surface area contributed by atoms with Crippen LogP contribution in [0.25, 0.3) is 0 Å². The predicted octanol–water partition coefficient (Wildman–Crippen LogP) is 3.51. The summed E-state index contributed by atoms with van der Waals surface area (Å²) in [6, 6.07) is 13.1. The Labute approximate surface area is 136 Å². The minimum atomic E-state index is -1.54. The Hall–Kier alpha value is -2.33. The largest absolute Gasteiger partial charge is 0.489 e. The Balaban J connectivity index is 2.23. The third kappa shape index (κ3) is 4.11. The molecule has 1 unspecified atom stereocenters. The maximum Gasteiger partial charge on any atom is 0.337 e. The number of hydrogen-bond donors (Lipinski definition) is 2. The summed E-state index contributed by atoms with van der Waals surface area (Å²) in [5.74, 6) is -0.453. The first-order valence-corrected chi connectivity index (χ1v) is 7.80. The van der Waals surface area contributed by atoms with E-state index in [-0.39, 0.29) is 6.61 Å². The van der Waals surface area contributed by atoms with Gasteiger partial charge in [-0.2, -0.15) is 0 Å². The molecular formula is C19H22O4. The van der Waals surface area contributed by atoms with Crippen LogP contribution in [0, 0.1) is 0 Å². The molecule has 23 heavy (non-hydrogen) atoms. The Kier molecular flexibility index (Phi) is 5.77. The summed E-state index contributed by atoms with van der Waals surface area (Å²) in [4.78, 5) is 11.0. The molecule has 0 saturated heterocycles. The molecule has 0 heterocycles. The highest BCUT2D eigenvalue weighted by atomic mass is 16.5. The van der Waals surface area contributed by atoms with Gasteiger partial charge in [-0.25, -0.2) is 4.79 Å². The molecule has 0 spiro atoms. The van der Waals surface area contributed by atoms with Crippen molar-refractivity contribution in [3.63, 3.8) is 0 Å². The number of benzene rings is 2. The standard InChI is InChI=1S/C19H22O4/c1-3-13-9-10-14(4-2)17(11-13)23-12-15-7-5-6-8-16(15)18(20)19(21)22/h5-11,18,20H,3-4,12H2,1-2H3,(H,21,22). The van der Waals surface area contributed by atoms with Crippen molar-refractivity contribution >= 4 is 5.97 Å². The second-order valence-electron chi connectivity index (χ2n) is 5.38. The minimum absolute atomic E-state index is 0.223. The molecule has 2 aromatic carbocycles. The summed E-state index contributed by atoms with van der Waals surface area (Å²) in [6.45, 7) is 4.37. The van der Waals surface area contributed by atoms with Crippen LogP contribution >= 0.6 is 0 Å². The van der Waals surface area contributed by atoms with Crippen molar-refractivity contribution in [2.75, 3.05) is 0 Å². The van der Waals surface area contributed by atoms with E-state index < -0.39 is 12.1 Å². The van der Waals surface area contributed by atoms with E-state index in [0.717, 1.165) is 24.2 Å². The molecule has 0 radical (unpaired) electrons. The minimum Gasteiger partial charge on any atom is -0.489 e. The lowest BCUT2D eigenvalue weighted by molar-refractivity contribution is -0.147. The first-order valence-electron chi connectivity index (χ1n) is 7.80. The number of carboxylic acid groups (broad SMARTS) is 1. The molecule has 0 amide bonds. The number of carboxylic acids is 1. The molecule has 0 aromatic heterocycles. The average molecular weight is 314 g/mol. The zero-order valence-corrected chi connectivity index (χ0v) is 13.5. The second-order valence-corrected chi connectivity index (χ2v) is 5.38. The number of rotatable bonds is 7. The zero-order valence-electron chi connectivity index (χ0n) is 13.5. The van der Waals surface area contributed by atoms with E-state index >= 15 is 0 Å². The molecule has 0 aliphatic heterocycles. The zero-order chi connectivity index (χ0) is 16.8. The van der Waals surface area contributed by atoms with Crippen LogP contribution in [0.5, 0.6) is 5.75 Å². The van der Waals surface area contributed by atoms with Gasteiger partial charge >= 0.3 is 5.97 Å². The van der Waals surface area contributed by atoms with Gasteiger partial charge in [0.15, 0.2) is 6.10 Å². The van der Waals surface area contributed by atoms with Crippen LogP contribution in [0.2, 0.25) is 0 Å². The summed E-state index contributed by atoms with van der Waals surface area (Å²) < 4.78 is 5.92. The summed E-state index contributed by atoms with van der Waals surface area (Å²) in [5.41, 5.74) is 3.34. The van der Waals surface area contributed by atoms with Crippen molar-refractivity contribution in [2.45, 2.75) is 39.4 Å². The number of ether oxygens (including phenoxy) is 1. The highest BCUT2D eigenvalue weighted by Gasteiger charge is 2.19. The first kappa shape index (κ1) is 17.0. The van der Waals surface area contributed by atoms with Crippen LogP contribution in [0.1, 0.15) is 42.2 Å². The maximum absolute atomic E-state index is 11.0. The van der Waals surface area contributed by atoms with Gasteiger partial charge in [0, 0.05) is 0 Å². The van der Waals surface area contributed by atoms with Crippen molar-refractivity contribution < 1.29 is 19.7 Å². The smallest absolute Gasteiger partial charge is 0.337 e. The van der Waals surface area contributed by atoms with Gasteiger partial charge in [-0.15, -0.1) is 0 Å². The van der Waals surface area contributed by atoms with E-state index in [1.54, 1.807) is 24.3 Å². The molecule has 4 nitrogen and oxygen atoms in total. The van der Waals surface area contributed by atoms with Crippen molar-refractivity contribution in [1.82, 2.24) is 0 Å². The lowest BCUT2D eigenvalue weighted by atomic mass is 10.0. The third-order valence-electron chi connectivity index (χ3n) is 3.89. The van der Waals surface area contributed by atoms with Gasteiger partial charge in [-0.05, 0) is 41.2 Å². The Bertz CT molecular complexity index is 679. The van der Waals surface area contributed by atoms with Gasteiger partial charge < -0.3 is 14.9 Å². The van der Waals surface area contributed by atoms with Crippen LogP contribution in [-0.4, -0.2) is 16.2 Å². The van der Waals surface area contributed by atoms with Crippen LogP contribution in [0.4, 0.5) is 0 Å². The normalized spacial score (nSPS) is 12.0. The third-order valence-corrected chi connectivity index (χ3v) is 3.89. The summed E-state index contributed by atoms with van der Waals surface area (Å²) in [6.07, 6.45) is 0.246. The van der Waals surface area contributed by atoms with Crippen molar-refractivity contribution in [3.05, 3.63) is 64.7 Å². The summed E-state index contributed by atoms with van der Waals surface area (Å²) in [7, 11) is 0. The molecule has 2 N–H and O–H groups in total. The lowest BCUT2D eigenvalue weighted by Crippen LogP contribution is -2.13. The molecule has 1 atom stereocenters. The van der Waals surface area contributed by atoms with Crippen molar-refractivity contribution in [2.24, 2.45) is 0 Å². The lowest BCUT2D eigenvalue weighted by Gasteiger charge is -2.15. The molecule has 122 valence electrons. The fraction of sp³-hybridized carbons (Fsp3) is 0.316. The van der Waals surface area contributed by atoms with Gasteiger partial charge in [0.1, 0.15) is 12.4 Å². The van der Waals surface area contributed by atoms with Gasteiger partial charge in [0.05, 0.1) is 0 Å². The van der Waals surface area contributed by atoms with Crippen LogP contribution in [-0.2, 0) is 24.2 Å². The monoisotopic (exact) mass is 314 g/mol. The van der Waals surface area contributed by atoms with Crippen LogP contribution < -0.4 is 4.74 Å². The van der Waals surface area contributed by atoms with Crippen LogP contribution in [0.3, 0.4) is 0 Å². The fourth-order valence-electron chi connectivity index (χ4n) is 2.47. The van der Waals surface area contributed by atoms with E-state index in [1.807, 2.05) is 6.07 Å². The molecule has 2 rings (SSSR count). The molecule has 4 heteroatoms. The molecule has 0 aliphatic carbocycles. The predicted molar refractivity (Wildman–Crippen MR) is 88.6 cm³/mol. The topological polar surface area (TPSA) is 66.8 Å². The highest BCUT2D eigenvalue weighted by molar-refractivity contribution is 5.74. The second kappa shape index (κ2) is 7.79. The molecule has 0 aliphatic rings. The van der Waals surface area contributed by atoms with Crippen molar-refractivity contribution in [1.29, 1.82) is 0 Å². The molecular weight excluding hydrogens is 292 g/mol. The fourth-order valence-corrected chi connectivity index (χ4v) is 2.47. The van der Waals surface area contributed by atoms with Gasteiger partial charge in [0.25, 0.3) is 0 Å². The maximum atomic E-state index is 11.0. The SMILES string of the molecule is CCc1ccc(CC)c(OCc2ccccc2C(O)C(=O)O)c1.